The van der Waals surface area contributed by atoms with Crippen LogP contribution >= 0.6 is 0 Å². The molecule has 4 nitrogen and oxygen atoms in total. The summed E-state index contributed by atoms with van der Waals surface area (Å²) >= 11 is 0. The molecular weight excluding hydrogens is 188 g/mol. The van der Waals surface area contributed by atoms with Crippen LogP contribution in [0.25, 0.3) is 11.4 Å². The van der Waals surface area contributed by atoms with Crippen LogP contribution in [0.5, 0.6) is 0 Å². The summed E-state index contributed by atoms with van der Waals surface area (Å²) < 4.78 is 0. The molecule has 0 atom stereocenters. The number of nitrogens with zero attached hydrogens (tertiary/aromatic N) is 3. The van der Waals surface area contributed by atoms with Gasteiger partial charge in [-0.25, -0.2) is 9.97 Å². The van der Waals surface area contributed by atoms with Gasteiger partial charge in [0.25, 0.3) is 0 Å². The van der Waals surface area contributed by atoms with E-state index in [1.807, 2.05) is 19.1 Å². The predicted molar refractivity (Wildman–Crippen MR) is 57.9 cm³/mol. The predicted octanol–water partition coefficient (Wildman–Crippen LogP) is 1.31. The summed E-state index contributed by atoms with van der Waals surface area (Å²) in [7, 11) is 0. The molecule has 0 amide bonds. The van der Waals surface area contributed by atoms with Crippen LogP contribution in [-0.2, 0) is 6.54 Å². The standard InChI is InChI=1S/C11H12N4/c1-8-4-10(2-3-13-8)11-14-6-9(5-12)7-15-11/h2-4,6-7H,5,12H2,1H3. The lowest BCUT2D eigenvalue weighted by molar-refractivity contribution is 1.01. The van der Waals surface area contributed by atoms with Crippen molar-refractivity contribution in [2.75, 3.05) is 0 Å². The van der Waals surface area contributed by atoms with Crippen molar-refractivity contribution in [3.63, 3.8) is 0 Å². The average Bonchev–Trinajstić information content (AvgIpc) is 2.29. The fraction of sp³-hybridized carbons (Fsp3) is 0.182. The zero-order valence-electron chi connectivity index (χ0n) is 8.51. The summed E-state index contributed by atoms with van der Waals surface area (Å²) in [5.41, 5.74) is 8.34. The minimum absolute atomic E-state index is 0.468. The van der Waals surface area contributed by atoms with E-state index >= 15 is 0 Å². The first-order valence-electron chi connectivity index (χ1n) is 4.73. The van der Waals surface area contributed by atoms with Crippen molar-refractivity contribution >= 4 is 0 Å². The fourth-order valence-electron chi connectivity index (χ4n) is 1.29. The molecule has 4 heteroatoms. The molecule has 2 aromatic heterocycles. The molecule has 0 saturated carbocycles. The van der Waals surface area contributed by atoms with Crippen molar-refractivity contribution in [3.05, 3.63) is 42.0 Å². The number of aromatic nitrogens is 3. The molecule has 2 N–H and O–H groups in total. The molecule has 0 saturated heterocycles. The van der Waals surface area contributed by atoms with E-state index in [9.17, 15) is 0 Å². The number of nitrogens with two attached hydrogens (primary N) is 1. The van der Waals surface area contributed by atoms with E-state index in [-0.39, 0.29) is 0 Å². The minimum atomic E-state index is 0.468. The molecule has 0 spiro atoms. The Morgan fingerprint density at radius 3 is 2.53 bits per heavy atom. The minimum Gasteiger partial charge on any atom is -0.326 e. The van der Waals surface area contributed by atoms with Crippen LogP contribution in [0.4, 0.5) is 0 Å². The Kier molecular flexibility index (Phi) is 2.69. The second kappa shape index (κ2) is 4.14. The molecule has 2 aromatic rings. The Labute approximate surface area is 88.2 Å². The Morgan fingerprint density at radius 2 is 1.93 bits per heavy atom. The quantitative estimate of drug-likeness (QED) is 0.793. The number of pyridine rings is 1. The molecule has 0 radical (unpaired) electrons. The van der Waals surface area contributed by atoms with Gasteiger partial charge in [-0.2, -0.15) is 0 Å². The molecule has 0 aliphatic rings. The maximum atomic E-state index is 5.47. The highest BCUT2D eigenvalue weighted by molar-refractivity contribution is 5.54. The summed E-state index contributed by atoms with van der Waals surface area (Å²) in [6.45, 7) is 2.41. The summed E-state index contributed by atoms with van der Waals surface area (Å²) in [4.78, 5) is 12.6. The maximum absolute atomic E-state index is 5.47. The van der Waals surface area contributed by atoms with Gasteiger partial charge in [-0.05, 0) is 19.1 Å². The van der Waals surface area contributed by atoms with Crippen molar-refractivity contribution in [1.29, 1.82) is 0 Å². The van der Waals surface area contributed by atoms with Gasteiger partial charge in [-0.3, -0.25) is 4.98 Å². The van der Waals surface area contributed by atoms with E-state index < -0.39 is 0 Å². The zero-order valence-corrected chi connectivity index (χ0v) is 8.51. The van der Waals surface area contributed by atoms with E-state index in [0.29, 0.717) is 12.4 Å². The second-order valence-electron chi connectivity index (χ2n) is 3.30. The van der Waals surface area contributed by atoms with Gasteiger partial charge in [0.15, 0.2) is 5.82 Å². The molecule has 0 bridgehead atoms. The smallest absolute Gasteiger partial charge is 0.159 e. The topological polar surface area (TPSA) is 64.7 Å². The SMILES string of the molecule is Cc1cc(-c2ncc(CN)cn2)ccn1. The number of rotatable bonds is 2. The van der Waals surface area contributed by atoms with Gasteiger partial charge in [0.2, 0.25) is 0 Å². The largest absolute Gasteiger partial charge is 0.326 e. The Hall–Kier alpha value is -1.81. The van der Waals surface area contributed by atoms with Crippen LogP contribution in [0.3, 0.4) is 0 Å². The van der Waals surface area contributed by atoms with Crippen LogP contribution in [0, 0.1) is 6.92 Å². The van der Waals surface area contributed by atoms with Crippen molar-refractivity contribution in [2.45, 2.75) is 13.5 Å². The highest BCUT2D eigenvalue weighted by Gasteiger charge is 2.01. The second-order valence-corrected chi connectivity index (χ2v) is 3.30. The first kappa shape index (κ1) is 9.73. The van der Waals surface area contributed by atoms with E-state index in [1.54, 1.807) is 18.6 Å². The monoisotopic (exact) mass is 200 g/mol. The number of aryl methyl sites for hydroxylation is 1. The van der Waals surface area contributed by atoms with Gasteiger partial charge >= 0.3 is 0 Å². The highest BCUT2D eigenvalue weighted by atomic mass is 14.9. The van der Waals surface area contributed by atoms with Gasteiger partial charge in [0.1, 0.15) is 0 Å². The zero-order chi connectivity index (χ0) is 10.7. The van der Waals surface area contributed by atoms with Gasteiger partial charge in [-0.1, -0.05) is 0 Å². The molecule has 0 aliphatic heterocycles. The Balaban J connectivity index is 2.37. The van der Waals surface area contributed by atoms with Gasteiger partial charge in [0.05, 0.1) is 0 Å². The Morgan fingerprint density at radius 1 is 1.20 bits per heavy atom. The van der Waals surface area contributed by atoms with Crippen LogP contribution in [0.1, 0.15) is 11.3 Å². The third kappa shape index (κ3) is 2.16. The third-order valence-corrected chi connectivity index (χ3v) is 2.10. The molecule has 0 unspecified atom stereocenters. The molecular formula is C11H12N4. The van der Waals surface area contributed by atoms with Gasteiger partial charge in [-0.15, -0.1) is 0 Å². The lowest BCUT2D eigenvalue weighted by atomic mass is 10.2. The van der Waals surface area contributed by atoms with Crippen molar-refractivity contribution in [1.82, 2.24) is 15.0 Å². The van der Waals surface area contributed by atoms with Crippen LogP contribution < -0.4 is 5.73 Å². The van der Waals surface area contributed by atoms with Crippen molar-refractivity contribution in [3.8, 4) is 11.4 Å². The Bertz CT molecular complexity index is 450. The lowest BCUT2D eigenvalue weighted by Gasteiger charge is -2.01. The van der Waals surface area contributed by atoms with Gasteiger partial charge < -0.3 is 5.73 Å². The number of hydrogen-bond donors (Lipinski definition) is 1. The molecule has 76 valence electrons. The van der Waals surface area contributed by atoms with Crippen molar-refractivity contribution < 1.29 is 0 Å². The van der Waals surface area contributed by atoms with Crippen LogP contribution in [0.15, 0.2) is 30.7 Å². The lowest BCUT2D eigenvalue weighted by Crippen LogP contribution is -1.99. The fourth-order valence-corrected chi connectivity index (χ4v) is 1.29. The molecule has 0 aliphatic carbocycles. The summed E-state index contributed by atoms with van der Waals surface area (Å²) in [5, 5.41) is 0. The van der Waals surface area contributed by atoms with Crippen LogP contribution in [-0.4, -0.2) is 15.0 Å². The van der Waals surface area contributed by atoms with E-state index in [0.717, 1.165) is 16.8 Å². The third-order valence-electron chi connectivity index (χ3n) is 2.10. The summed E-state index contributed by atoms with van der Waals surface area (Å²) in [6.07, 6.45) is 5.25. The maximum Gasteiger partial charge on any atom is 0.159 e. The summed E-state index contributed by atoms with van der Waals surface area (Å²) in [5.74, 6) is 0.706. The van der Waals surface area contributed by atoms with Crippen LogP contribution in [0.2, 0.25) is 0 Å². The van der Waals surface area contributed by atoms with E-state index in [2.05, 4.69) is 15.0 Å². The molecule has 0 fully saturated rings. The number of hydrogen-bond acceptors (Lipinski definition) is 4. The van der Waals surface area contributed by atoms with Crippen molar-refractivity contribution in [2.24, 2.45) is 5.73 Å². The first-order chi connectivity index (χ1) is 7.29. The van der Waals surface area contributed by atoms with E-state index in [1.165, 1.54) is 0 Å². The average molecular weight is 200 g/mol. The molecule has 15 heavy (non-hydrogen) atoms. The molecule has 2 heterocycles. The van der Waals surface area contributed by atoms with E-state index in [4.69, 9.17) is 5.73 Å². The molecule has 2 rings (SSSR count). The van der Waals surface area contributed by atoms with Gasteiger partial charge in [0, 0.05) is 42.0 Å². The molecule has 0 aromatic carbocycles. The first-order valence-corrected chi connectivity index (χ1v) is 4.73. The normalized spacial score (nSPS) is 10.3. The highest BCUT2D eigenvalue weighted by Crippen LogP contribution is 2.13. The summed E-state index contributed by atoms with van der Waals surface area (Å²) in [6, 6.07) is 3.85.